The van der Waals surface area contributed by atoms with Crippen LogP contribution in [-0.4, -0.2) is 41.6 Å². The van der Waals surface area contributed by atoms with Gasteiger partial charge in [0.05, 0.1) is 23.6 Å². The summed E-state index contributed by atoms with van der Waals surface area (Å²) >= 11 is 6.33. The van der Waals surface area contributed by atoms with Gasteiger partial charge < -0.3 is 15.5 Å². The highest BCUT2D eigenvalue weighted by Gasteiger charge is 2.48. The summed E-state index contributed by atoms with van der Waals surface area (Å²) in [5.74, 6) is 0.666. The van der Waals surface area contributed by atoms with E-state index in [0.717, 1.165) is 43.6 Å². The predicted octanol–water partition coefficient (Wildman–Crippen LogP) is 2.59. The van der Waals surface area contributed by atoms with Gasteiger partial charge in [-0.3, -0.25) is 4.79 Å². The van der Waals surface area contributed by atoms with E-state index in [-0.39, 0.29) is 17.2 Å². The predicted molar refractivity (Wildman–Crippen MR) is 115 cm³/mol. The van der Waals surface area contributed by atoms with Gasteiger partial charge >= 0.3 is 0 Å². The van der Waals surface area contributed by atoms with Crippen LogP contribution in [-0.2, 0) is 23.1 Å². The Hall–Kier alpha value is -2.69. The Balaban J connectivity index is 1.55. The molecule has 1 aromatic heterocycles. The molecule has 8 heteroatoms. The minimum absolute atomic E-state index is 0.0121. The first-order valence-electron chi connectivity index (χ1n) is 10.4. The molecule has 3 aliphatic rings. The Bertz CT molecular complexity index is 1050. The molecule has 2 atom stereocenters. The molecule has 154 valence electrons. The van der Waals surface area contributed by atoms with Crippen LogP contribution in [0.5, 0.6) is 0 Å². The topological polar surface area (TPSA) is 93.9 Å². The third kappa shape index (κ3) is 3.11. The third-order valence-corrected chi connectivity index (χ3v) is 6.72. The maximum absolute atomic E-state index is 13.5. The van der Waals surface area contributed by atoms with Gasteiger partial charge in [-0.05, 0) is 42.0 Å². The summed E-state index contributed by atoms with van der Waals surface area (Å²) < 4.78 is 0. The molecular formula is C22H23ClN6O. The Morgan fingerprint density at radius 3 is 3.07 bits per heavy atom. The minimum Gasteiger partial charge on any atom is -0.352 e. The Labute approximate surface area is 180 Å². The lowest BCUT2D eigenvalue weighted by molar-refractivity contribution is -0.122. The molecule has 2 N–H and O–H groups in total. The molecule has 1 aromatic carbocycles. The lowest BCUT2D eigenvalue weighted by atomic mass is 9.65. The Morgan fingerprint density at radius 1 is 1.33 bits per heavy atom. The van der Waals surface area contributed by atoms with Crippen LogP contribution in [0.3, 0.4) is 0 Å². The first kappa shape index (κ1) is 19.3. The second-order valence-corrected chi connectivity index (χ2v) is 8.66. The van der Waals surface area contributed by atoms with E-state index in [9.17, 15) is 4.79 Å². The highest BCUT2D eigenvalue weighted by Crippen LogP contribution is 2.46. The number of carbonyl (C=O) groups is 1. The van der Waals surface area contributed by atoms with Gasteiger partial charge in [0.2, 0.25) is 11.2 Å². The molecule has 1 fully saturated rings. The molecule has 0 radical (unpaired) electrons. The van der Waals surface area contributed by atoms with Gasteiger partial charge in [-0.25, -0.2) is 4.98 Å². The van der Waals surface area contributed by atoms with E-state index in [1.165, 1.54) is 5.56 Å². The van der Waals surface area contributed by atoms with Gasteiger partial charge in [-0.2, -0.15) is 10.2 Å². The molecule has 2 aliphatic heterocycles. The largest absolute Gasteiger partial charge is 0.352 e. The fourth-order valence-electron chi connectivity index (χ4n) is 5.15. The number of nitriles is 1. The zero-order valence-corrected chi connectivity index (χ0v) is 17.4. The SMILES string of the molecule is N#CC[C@H]1CN(c2nc(Cl)nc3c2NC(=O)C2(CCCc4ccccc42)C3)CCN1. The number of carbonyl (C=O) groups excluding carboxylic acids is 1. The molecule has 7 nitrogen and oxygen atoms in total. The maximum atomic E-state index is 13.5. The van der Waals surface area contributed by atoms with Crippen molar-refractivity contribution in [3.8, 4) is 6.07 Å². The number of nitrogens with zero attached hydrogens (tertiary/aromatic N) is 4. The number of hydrogen-bond acceptors (Lipinski definition) is 6. The number of benzene rings is 1. The summed E-state index contributed by atoms with van der Waals surface area (Å²) in [4.78, 5) is 24.6. The van der Waals surface area contributed by atoms with Gasteiger partial charge in [-0.1, -0.05) is 24.3 Å². The lowest BCUT2D eigenvalue weighted by Crippen LogP contribution is -2.52. The maximum Gasteiger partial charge on any atom is 0.235 e. The summed E-state index contributed by atoms with van der Waals surface area (Å²) in [5.41, 5.74) is 3.19. The quantitative estimate of drug-likeness (QED) is 0.722. The van der Waals surface area contributed by atoms with E-state index in [0.29, 0.717) is 30.9 Å². The number of amides is 1. The molecule has 1 aliphatic carbocycles. The Morgan fingerprint density at radius 2 is 2.20 bits per heavy atom. The zero-order chi connectivity index (χ0) is 20.7. The second-order valence-electron chi connectivity index (χ2n) is 8.32. The third-order valence-electron chi connectivity index (χ3n) is 6.56. The molecule has 0 saturated carbocycles. The van der Waals surface area contributed by atoms with Gasteiger partial charge in [0.1, 0.15) is 5.69 Å². The molecule has 30 heavy (non-hydrogen) atoms. The number of hydrogen-bond donors (Lipinski definition) is 2. The van der Waals surface area contributed by atoms with Crippen molar-refractivity contribution < 1.29 is 4.79 Å². The molecule has 3 heterocycles. The van der Waals surface area contributed by atoms with Crippen LogP contribution in [0.2, 0.25) is 5.28 Å². The molecule has 1 saturated heterocycles. The average Bonchev–Trinajstić information content (AvgIpc) is 2.75. The van der Waals surface area contributed by atoms with Crippen molar-refractivity contribution in [2.75, 3.05) is 29.9 Å². The summed E-state index contributed by atoms with van der Waals surface area (Å²) in [6.07, 6.45) is 3.70. The molecule has 0 bridgehead atoms. The van der Waals surface area contributed by atoms with Gasteiger partial charge in [-0.15, -0.1) is 0 Å². The number of halogens is 1. The van der Waals surface area contributed by atoms with E-state index >= 15 is 0 Å². The first-order chi connectivity index (χ1) is 14.6. The minimum atomic E-state index is -0.608. The van der Waals surface area contributed by atoms with Crippen LogP contribution in [0.1, 0.15) is 36.1 Å². The highest BCUT2D eigenvalue weighted by molar-refractivity contribution is 6.28. The number of rotatable bonds is 2. The fraction of sp³-hybridized carbons (Fsp3) is 0.455. The van der Waals surface area contributed by atoms with E-state index in [2.05, 4.69) is 43.7 Å². The summed E-state index contributed by atoms with van der Waals surface area (Å²) in [6, 6.07) is 10.5. The summed E-state index contributed by atoms with van der Waals surface area (Å²) in [6.45, 7) is 2.11. The van der Waals surface area contributed by atoms with Crippen LogP contribution in [0, 0.1) is 11.3 Å². The van der Waals surface area contributed by atoms with Crippen LogP contribution in [0.4, 0.5) is 11.5 Å². The van der Waals surface area contributed by atoms with Gasteiger partial charge in [0.15, 0.2) is 5.82 Å². The number of nitrogens with one attached hydrogen (secondary N) is 2. The fourth-order valence-corrected chi connectivity index (χ4v) is 5.34. The standard InChI is InChI=1S/C22H23ClN6O/c23-21-26-17-12-22(8-3-5-14-4-1-2-6-16(14)22)20(30)27-18(17)19(28-21)29-11-10-25-15(13-29)7-9-24/h1-2,4,6,15,25H,3,5,7-8,10-13H2,(H,27,30)/t15-,22?/m0/s1. The van der Waals surface area contributed by atoms with Gasteiger partial charge in [0.25, 0.3) is 0 Å². The molecule has 1 amide bonds. The molecule has 2 aromatic rings. The van der Waals surface area contributed by atoms with E-state index in [1.54, 1.807) is 0 Å². The smallest absolute Gasteiger partial charge is 0.235 e. The van der Waals surface area contributed by atoms with E-state index in [1.807, 2.05) is 12.1 Å². The van der Waals surface area contributed by atoms with Crippen molar-refractivity contribution in [1.82, 2.24) is 15.3 Å². The van der Waals surface area contributed by atoms with Crippen LogP contribution in [0.25, 0.3) is 0 Å². The van der Waals surface area contributed by atoms with Crippen LogP contribution < -0.4 is 15.5 Å². The van der Waals surface area contributed by atoms with Crippen molar-refractivity contribution in [2.45, 2.75) is 43.6 Å². The van der Waals surface area contributed by atoms with Crippen molar-refractivity contribution in [3.05, 3.63) is 46.4 Å². The van der Waals surface area contributed by atoms with E-state index < -0.39 is 5.41 Å². The number of aromatic nitrogens is 2. The molecular weight excluding hydrogens is 400 g/mol. The average molecular weight is 423 g/mol. The van der Waals surface area contributed by atoms with Crippen molar-refractivity contribution in [2.24, 2.45) is 0 Å². The second kappa shape index (κ2) is 7.53. The van der Waals surface area contributed by atoms with Crippen LogP contribution in [0.15, 0.2) is 24.3 Å². The highest BCUT2D eigenvalue weighted by atomic mass is 35.5. The number of fused-ring (bicyclic) bond motifs is 3. The summed E-state index contributed by atoms with van der Waals surface area (Å²) in [7, 11) is 0. The van der Waals surface area contributed by atoms with Crippen molar-refractivity contribution >= 4 is 29.0 Å². The van der Waals surface area contributed by atoms with Gasteiger partial charge in [0, 0.05) is 32.1 Å². The number of aryl methyl sites for hydroxylation is 1. The molecule has 5 rings (SSSR count). The lowest BCUT2D eigenvalue weighted by Gasteiger charge is -2.42. The first-order valence-corrected chi connectivity index (χ1v) is 10.8. The van der Waals surface area contributed by atoms with Crippen molar-refractivity contribution in [3.63, 3.8) is 0 Å². The van der Waals surface area contributed by atoms with E-state index in [4.69, 9.17) is 16.9 Å². The zero-order valence-electron chi connectivity index (χ0n) is 16.6. The Kier molecular flexibility index (Phi) is 4.84. The normalized spacial score (nSPS) is 25.3. The number of piperazine rings is 1. The van der Waals surface area contributed by atoms with Crippen LogP contribution >= 0.6 is 11.6 Å². The monoisotopic (exact) mass is 422 g/mol. The molecule has 1 spiro atoms. The summed E-state index contributed by atoms with van der Waals surface area (Å²) in [5, 5.41) is 15.7. The number of anilines is 2. The van der Waals surface area contributed by atoms with Crippen molar-refractivity contribution in [1.29, 1.82) is 5.26 Å². The molecule has 1 unspecified atom stereocenters.